The standard InChI is InChI=1S/C22H25N2O2/c1-2-6-21(22-15-23-11-12-26-22)24(25)20-10-5-9-18-13-16-7-3-4-8-17(16)14-19(18)20/h3-5,7-10,13-14,21-22,25H,2,6,11-12,15H2,1H3. The summed E-state index contributed by atoms with van der Waals surface area (Å²) in [7, 11) is 0. The summed E-state index contributed by atoms with van der Waals surface area (Å²) in [6.07, 6.45) is 1.78. The van der Waals surface area contributed by atoms with Gasteiger partial charge in [-0.2, -0.15) is 0 Å². The Hall–Kier alpha value is -2.14. The second kappa shape index (κ2) is 7.62. The molecule has 1 heterocycles. The molecule has 4 heteroatoms. The Balaban J connectivity index is 1.76. The molecular weight excluding hydrogens is 324 g/mol. The third-order valence-electron chi connectivity index (χ3n) is 5.19. The van der Waals surface area contributed by atoms with Crippen LogP contribution in [-0.2, 0) is 4.74 Å². The number of rotatable bonds is 5. The first-order chi connectivity index (χ1) is 12.8. The molecule has 1 N–H and O–H groups in total. The molecule has 2 atom stereocenters. The Bertz CT molecular complexity index is 890. The van der Waals surface area contributed by atoms with Gasteiger partial charge in [-0.25, -0.2) is 5.32 Å². The van der Waals surface area contributed by atoms with Crippen molar-refractivity contribution >= 4 is 27.2 Å². The molecule has 0 spiro atoms. The zero-order valence-electron chi connectivity index (χ0n) is 15.1. The van der Waals surface area contributed by atoms with Crippen molar-refractivity contribution < 1.29 is 9.94 Å². The highest BCUT2D eigenvalue weighted by molar-refractivity contribution is 6.03. The molecule has 1 aliphatic rings. The minimum absolute atomic E-state index is 0.0654. The summed E-state index contributed by atoms with van der Waals surface area (Å²) in [6, 6.07) is 18.7. The number of anilines is 1. The fraction of sp³-hybridized carbons (Fsp3) is 0.364. The lowest BCUT2D eigenvalue weighted by Crippen LogP contribution is -2.49. The molecule has 135 valence electrons. The SMILES string of the molecule is CCCC(C1C[N]CCO1)N(O)c1cccc2cc3ccccc3cc12. The molecule has 1 fully saturated rings. The lowest BCUT2D eigenvalue weighted by molar-refractivity contribution is -0.0108. The lowest BCUT2D eigenvalue weighted by atomic mass is 9.99. The van der Waals surface area contributed by atoms with Crippen LogP contribution in [0.5, 0.6) is 0 Å². The van der Waals surface area contributed by atoms with Gasteiger partial charge in [0, 0.05) is 18.5 Å². The van der Waals surface area contributed by atoms with Gasteiger partial charge in [0.25, 0.3) is 0 Å². The molecule has 4 nitrogen and oxygen atoms in total. The molecule has 0 bridgehead atoms. The summed E-state index contributed by atoms with van der Waals surface area (Å²) < 4.78 is 5.92. The van der Waals surface area contributed by atoms with E-state index in [0.717, 1.165) is 35.8 Å². The summed E-state index contributed by atoms with van der Waals surface area (Å²) in [4.78, 5) is 0. The van der Waals surface area contributed by atoms with Crippen LogP contribution < -0.4 is 10.4 Å². The first kappa shape index (κ1) is 17.3. The van der Waals surface area contributed by atoms with Crippen LogP contribution in [0.4, 0.5) is 5.69 Å². The first-order valence-electron chi connectivity index (χ1n) is 9.42. The molecule has 3 aromatic carbocycles. The second-order valence-electron chi connectivity index (χ2n) is 6.94. The van der Waals surface area contributed by atoms with E-state index >= 15 is 0 Å². The van der Waals surface area contributed by atoms with Crippen LogP contribution >= 0.6 is 0 Å². The predicted octanol–water partition coefficient (Wildman–Crippen LogP) is 4.36. The van der Waals surface area contributed by atoms with Crippen molar-refractivity contribution in [2.24, 2.45) is 0 Å². The number of fused-ring (bicyclic) bond motifs is 2. The van der Waals surface area contributed by atoms with Crippen molar-refractivity contribution in [3.63, 3.8) is 0 Å². The minimum Gasteiger partial charge on any atom is -0.373 e. The van der Waals surface area contributed by atoms with Crippen molar-refractivity contribution in [3.05, 3.63) is 54.6 Å². The van der Waals surface area contributed by atoms with E-state index in [1.54, 1.807) is 0 Å². The molecule has 0 aliphatic carbocycles. The predicted molar refractivity (Wildman–Crippen MR) is 106 cm³/mol. The van der Waals surface area contributed by atoms with E-state index in [9.17, 15) is 5.21 Å². The third kappa shape index (κ3) is 3.28. The van der Waals surface area contributed by atoms with Gasteiger partial charge in [-0.15, -0.1) is 0 Å². The molecule has 3 aromatic rings. The maximum absolute atomic E-state index is 11.1. The zero-order chi connectivity index (χ0) is 17.9. The van der Waals surface area contributed by atoms with Gasteiger partial charge in [0.05, 0.1) is 24.4 Å². The Kier molecular flexibility index (Phi) is 5.07. The normalized spacial score (nSPS) is 18.9. The van der Waals surface area contributed by atoms with Gasteiger partial charge < -0.3 is 4.74 Å². The second-order valence-corrected chi connectivity index (χ2v) is 6.94. The molecule has 0 amide bonds. The molecule has 1 aliphatic heterocycles. The maximum atomic E-state index is 11.1. The average Bonchev–Trinajstić information content (AvgIpc) is 2.70. The highest BCUT2D eigenvalue weighted by Crippen LogP contribution is 2.32. The van der Waals surface area contributed by atoms with Gasteiger partial charge in [-0.1, -0.05) is 49.7 Å². The molecule has 4 rings (SSSR count). The van der Waals surface area contributed by atoms with Crippen molar-refractivity contribution in [2.45, 2.75) is 31.9 Å². The number of benzene rings is 3. The summed E-state index contributed by atoms with van der Waals surface area (Å²) >= 11 is 0. The van der Waals surface area contributed by atoms with Crippen molar-refractivity contribution in [2.75, 3.05) is 24.8 Å². The summed E-state index contributed by atoms with van der Waals surface area (Å²) in [5.41, 5.74) is 0.834. The highest BCUT2D eigenvalue weighted by atomic mass is 16.5. The van der Waals surface area contributed by atoms with E-state index in [1.165, 1.54) is 15.8 Å². The van der Waals surface area contributed by atoms with Gasteiger partial charge in [0.1, 0.15) is 0 Å². The quantitative estimate of drug-likeness (QED) is 0.550. The van der Waals surface area contributed by atoms with Crippen LogP contribution in [0.15, 0.2) is 54.6 Å². The number of morpholine rings is 1. The van der Waals surface area contributed by atoms with E-state index in [4.69, 9.17) is 4.74 Å². The Morgan fingerprint density at radius 3 is 2.62 bits per heavy atom. The van der Waals surface area contributed by atoms with Gasteiger partial charge in [-0.05, 0) is 40.8 Å². The van der Waals surface area contributed by atoms with Crippen LogP contribution in [-0.4, -0.2) is 37.0 Å². The highest BCUT2D eigenvalue weighted by Gasteiger charge is 2.30. The van der Waals surface area contributed by atoms with E-state index in [-0.39, 0.29) is 12.1 Å². The largest absolute Gasteiger partial charge is 0.373 e. The van der Waals surface area contributed by atoms with Crippen LogP contribution in [0, 0.1) is 0 Å². The van der Waals surface area contributed by atoms with Crippen LogP contribution in [0.25, 0.3) is 21.5 Å². The van der Waals surface area contributed by atoms with Gasteiger partial charge in [0.2, 0.25) is 0 Å². The zero-order valence-corrected chi connectivity index (χ0v) is 15.1. The molecule has 0 saturated carbocycles. The van der Waals surface area contributed by atoms with Crippen molar-refractivity contribution in [1.29, 1.82) is 0 Å². The first-order valence-corrected chi connectivity index (χ1v) is 9.42. The smallest absolute Gasteiger partial charge is 0.0944 e. The molecule has 2 unspecified atom stereocenters. The van der Waals surface area contributed by atoms with E-state index in [1.807, 2.05) is 18.2 Å². The van der Waals surface area contributed by atoms with E-state index in [2.05, 4.69) is 48.6 Å². The molecule has 1 saturated heterocycles. The Morgan fingerprint density at radius 2 is 1.88 bits per heavy atom. The number of nitrogens with zero attached hydrogens (tertiary/aromatic N) is 2. The van der Waals surface area contributed by atoms with Crippen LogP contribution in [0.1, 0.15) is 19.8 Å². The monoisotopic (exact) mass is 349 g/mol. The Labute approximate surface area is 154 Å². The maximum Gasteiger partial charge on any atom is 0.0944 e. The molecule has 26 heavy (non-hydrogen) atoms. The number of hydrogen-bond donors (Lipinski definition) is 1. The number of hydroxylamine groups is 1. The van der Waals surface area contributed by atoms with Gasteiger partial charge in [-0.3, -0.25) is 10.3 Å². The number of hydrogen-bond acceptors (Lipinski definition) is 3. The molecular formula is C22H25N2O2. The van der Waals surface area contributed by atoms with Gasteiger partial charge >= 0.3 is 0 Å². The van der Waals surface area contributed by atoms with E-state index < -0.39 is 0 Å². The van der Waals surface area contributed by atoms with Gasteiger partial charge in [0.15, 0.2) is 0 Å². The summed E-state index contributed by atoms with van der Waals surface area (Å²) in [5.74, 6) is 0. The van der Waals surface area contributed by atoms with Crippen LogP contribution in [0.2, 0.25) is 0 Å². The molecule has 0 aromatic heterocycles. The fourth-order valence-electron chi connectivity index (χ4n) is 3.86. The third-order valence-corrected chi connectivity index (χ3v) is 5.19. The summed E-state index contributed by atoms with van der Waals surface area (Å²) in [5, 5.41) is 21.6. The molecule has 1 radical (unpaired) electrons. The topological polar surface area (TPSA) is 46.8 Å². The van der Waals surface area contributed by atoms with E-state index in [0.29, 0.717) is 13.2 Å². The summed E-state index contributed by atoms with van der Waals surface area (Å²) in [6.45, 7) is 4.17. The lowest BCUT2D eigenvalue weighted by Gasteiger charge is -2.36. The Morgan fingerprint density at radius 1 is 1.12 bits per heavy atom. The van der Waals surface area contributed by atoms with Crippen LogP contribution in [0.3, 0.4) is 0 Å². The fourth-order valence-corrected chi connectivity index (χ4v) is 3.86. The number of ether oxygens (including phenoxy) is 1. The minimum atomic E-state index is -0.0962. The average molecular weight is 349 g/mol. The van der Waals surface area contributed by atoms with Crippen molar-refractivity contribution in [3.8, 4) is 0 Å². The van der Waals surface area contributed by atoms with Crippen molar-refractivity contribution in [1.82, 2.24) is 5.32 Å².